The standard InChI is InChI=1S/C19H18F3NO4/c1-27-16(13-7-3-2-4-8-13)17(24)23-15(18(25)26)11-12-6-5-9-14(10-12)19(20,21)22/h2-10,15-16H,11H2,1H3,(H,23,24)(H,25,26)/t15-,16-/m1/s1. The third kappa shape index (κ3) is 5.55. The number of aliphatic carboxylic acids is 1. The Hall–Kier alpha value is -2.87. The summed E-state index contributed by atoms with van der Waals surface area (Å²) in [6, 6.07) is 11.4. The van der Waals surface area contributed by atoms with E-state index >= 15 is 0 Å². The van der Waals surface area contributed by atoms with Gasteiger partial charge in [0.05, 0.1) is 5.56 Å². The number of rotatable bonds is 7. The van der Waals surface area contributed by atoms with Gasteiger partial charge in [-0.1, -0.05) is 48.5 Å². The Morgan fingerprint density at radius 1 is 1.11 bits per heavy atom. The highest BCUT2D eigenvalue weighted by molar-refractivity contribution is 5.87. The third-order valence-electron chi connectivity index (χ3n) is 3.88. The van der Waals surface area contributed by atoms with E-state index < -0.39 is 35.8 Å². The minimum absolute atomic E-state index is 0.145. The van der Waals surface area contributed by atoms with Gasteiger partial charge in [-0.3, -0.25) is 4.79 Å². The number of ether oxygens (including phenoxy) is 1. The van der Waals surface area contributed by atoms with Crippen molar-refractivity contribution < 1.29 is 32.6 Å². The zero-order valence-corrected chi connectivity index (χ0v) is 14.4. The molecule has 2 rings (SSSR count). The Morgan fingerprint density at radius 3 is 2.33 bits per heavy atom. The summed E-state index contributed by atoms with van der Waals surface area (Å²) in [4.78, 5) is 23.9. The molecule has 8 heteroatoms. The van der Waals surface area contributed by atoms with E-state index in [1.54, 1.807) is 30.3 Å². The molecule has 2 atom stereocenters. The van der Waals surface area contributed by atoms with E-state index in [2.05, 4.69) is 5.32 Å². The van der Waals surface area contributed by atoms with Crippen LogP contribution in [0.4, 0.5) is 13.2 Å². The number of halogens is 3. The van der Waals surface area contributed by atoms with Crippen LogP contribution < -0.4 is 5.32 Å². The summed E-state index contributed by atoms with van der Waals surface area (Å²) in [7, 11) is 1.31. The number of carbonyl (C=O) groups excluding carboxylic acids is 1. The van der Waals surface area contributed by atoms with Crippen LogP contribution in [0.15, 0.2) is 54.6 Å². The Kier molecular flexibility index (Phi) is 6.57. The molecule has 0 aliphatic rings. The van der Waals surface area contributed by atoms with Gasteiger partial charge in [0.25, 0.3) is 5.91 Å². The van der Waals surface area contributed by atoms with Gasteiger partial charge in [0.1, 0.15) is 6.04 Å². The summed E-state index contributed by atoms with van der Waals surface area (Å²) in [5.41, 5.74) is -0.207. The van der Waals surface area contributed by atoms with Crippen LogP contribution in [-0.4, -0.2) is 30.1 Å². The van der Waals surface area contributed by atoms with E-state index in [9.17, 15) is 27.9 Å². The van der Waals surface area contributed by atoms with Crippen molar-refractivity contribution in [1.82, 2.24) is 5.32 Å². The number of nitrogens with one attached hydrogen (secondary N) is 1. The van der Waals surface area contributed by atoms with Crippen molar-refractivity contribution in [1.29, 1.82) is 0 Å². The zero-order chi connectivity index (χ0) is 20.0. The molecule has 0 aliphatic carbocycles. The predicted octanol–water partition coefficient (Wildman–Crippen LogP) is 3.21. The van der Waals surface area contributed by atoms with Gasteiger partial charge in [-0.15, -0.1) is 0 Å². The summed E-state index contributed by atoms with van der Waals surface area (Å²) in [6.45, 7) is 0. The largest absolute Gasteiger partial charge is 0.480 e. The minimum atomic E-state index is -4.54. The van der Waals surface area contributed by atoms with E-state index in [4.69, 9.17) is 4.74 Å². The van der Waals surface area contributed by atoms with Gasteiger partial charge in [0.2, 0.25) is 0 Å². The van der Waals surface area contributed by atoms with Crippen molar-refractivity contribution in [3.05, 3.63) is 71.3 Å². The molecule has 0 aliphatic heterocycles. The lowest BCUT2D eigenvalue weighted by Gasteiger charge is -2.20. The molecule has 0 heterocycles. The van der Waals surface area contributed by atoms with E-state index in [0.717, 1.165) is 12.1 Å². The fourth-order valence-corrected chi connectivity index (χ4v) is 2.58. The lowest BCUT2D eigenvalue weighted by atomic mass is 10.0. The number of hydrogen-bond donors (Lipinski definition) is 2. The summed E-state index contributed by atoms with van der Waals surface area (Å²) >= 11 is 0. The Morgan fingerprint density at radius 2 is 1.78 bits per heavy atom. The van der Waals surface area contributed by atoms with Gasteiger partial charge in [-0.05, 0) is 17.2 Å². The first-order valence-corrected chi connectivity index (χ1v) is 7.99. The second kappa shape index (κ2) is 8.68. The predicted molar refractivity (Wildman–Crippen MR) is 90.9 cm³/mol. The molecule has 2 aromatic carbocycles. The van der Waals surface area contributed by atoms with Crippen LogP contribution >= 0.6 is 0 Å². The van der Waals surface area contributed by atoms with E-state index in [1.807, 2.05) is 0 Å². The van der Waals surface area contributed by atoms with Gasteiger partial charge in [0.15, 0.2) is 6.10 Å². The molecule has 2 N–H and O–H groups in total. The van der Waals surface area contributed by atoms with Crippen molar-refractivity contribution >= 4 is 11.9 Å². The number of carbonyl (C=O) groups is 2. The molecule has 0 fully saturated rings. The summed E-state index contributed by atoms with van der Waals surface area (Å²) < 4.78 is 43.6. The molecule has 1 amide bonds. The molecule has 0 saturated heterocycles. The van der Waals surface area contributed by atoms with E-state index in [0.29, 0.717) is 5.56 Å². The van der Waals surface area contributed by atoms with Crippen LogP contribution in [-0.2, 0) is 26.9 Å². The van der Waals surface area contributed by atoms with E-state index in [1.165, 1.54) is 19.2 Å². The molecular formula is C19H18F3NO4. The normalized spacial score (nSPS) is 13.6. The summed E-state index contributed by atoms with van der Waals surface area (Å²) in [6.07, 6.45) is -5.86. The number of hydrogen-bond acceptors (Lipinski definition) is 3. The molecule has 0 bridgehead atoms. The average molecular weight is 381 g/mol. The fourth-order valence-electron chi connectivity index (χ4n) is 2.58. The fraction of sp³-hybridized carbons (Fsp3) is 0.263. The van der Waals surface area contributed by atoms with Crippen molar-refractivity contribution in [2.45, 2.75) is 24.7 Å². The van der Waals surface area contributed by atoms with Gasteiger partial charge in [0, 0.05) is 13.5 Å². The van der Waals surface area contributed by atoms with E-state index in [-0.39, 0.29) is 12.0 Å². The maximum Gasteiger partial charge on any atom is 0.416 e. The highest BCUT2D eigenvalue weighted by Crippen LogP contribution is 2.29. The quantitative estimate of drug-likeness (QED) is 0.772. The van der Waals surface area contributed by atoms with Gasteiger partial charge in [-0.25, -0.2) is 4.79 Å². The van der Waals surface area contributed by atoms with Crippen molar-refractivity contribution in [2.24, 2.45) is 0 Å². The van der Waals surface area contributed by atoms with Crippen molar-refractivity contribution in [3.8, 4) is 0 Å². The molecule has 0 unspecified atom stereocenters. The van der Waals surface area contributed by atoms with Gasteiger partial charge >= 0.3 is 12.1 Å². The van der Waals surface area contributed by atoms with Crippen LogP contribution in [0.2, 0.25) is 0 Å². The number of alkyl halides is 3. The minimum Gasteiger partial charge on any atom is -0.480 e. The number of methoxy groups -OCH3 is 1. The zero-order valence-electron chi connectivity index (χ0n) is 14.4. The Bertz CT molecular complexity index is 793. The first-order chi connectivity index (χ1) is 12.7. The summed E-state index contributed by atoms with van der Waals surface area (Å²) in [5, 5.41) is 11.7. The maximum atomic E-state index is 12.8. The van der Waals surface area contributed by atoms with Crippen LogP contribution in [0.25, 0.3) is 0 Å². The SMILES string of the molecule is CO[C@@H](C(=O)N[C@H](Cc1cccc(C(F)(F)F)c1)C(=O)O)c1ccccc1. The molecule has 27 heavy (non-hydrogen) atoms. The smallest absolute Gasteiger partial charge is 0.416 e. The molecular weight excluding hydrogens is 363 g/mol. The molecule has 144 valence electrons. The second-order valence-electron chi connectivity index (χ2n) is 5.83. The topological polar surface area (TPSA) is 75.6 Å². The van der Waals surface area contributed by atoms with Gasteiger partial charge in [-0.2, -0.15) is 13.2 Å². The monoisotopic (exact) mass is 381 g/mol. The lowest BCUT2D eigenvalue weighted by Crippen LogP contribution is -2.44. The number of carboxylic acid groups (broad SMARTS) is 1. The molecule has 5 nitrogen and oxygen atoms in total. The summed E-state index contributed by atoms with van der Waals surface area (Å²) in [5.74, 6) is -2.05. The molecule has 0 saturated carbocycles. The first kappa shape index (κ1) is 20.4. The van der Waals surface area contributed by atoms with Crippen molar-refractivity contribution in [2.75, 3.05) is 7.11 Å². The van der Waals surface area contributed by atoms with Crippen LogP contribution in [0.5, 0.6) is 0 Å². The average Bonchev–Trinajstić information content (AvgIpc) is 2.62. The molecule has 0 aromatic heterocycles. The Balaban J connectivity index is 2.16. The van der Waals surface area contributed by atoms with Crippen LogP contribution in [0, 0.1) is 0 Å². The number of benzene rings is 2. The molecule has 0 spiro atoms. The van der Waals surface area contributed by atoms with Crippen molar-refractivity contribution in [3.63, 3.8) is 0 Å². The third-order valence-corrected chi connectivity index (χ3v) is 3.88. The Labute approximate surface area is 153 Å². The molecule has 0 radical (unpaired) electrons. The lowest BCUT2D eigenvalue weighted by molar-refractivity contribution is -0.144. The van der Waals surface area contributed by atoms with Crippen LogP contribution in [0.3, 0.4) is 0 Å². The second-order valence-corrected chi connectivity index (χ2v) is 5.83. The first-order valence-electron chi connectivity index (χ1n) is 7.99. The number of amides is 1. The highest BCUT2D eigenvalue weighted by Gasteiger charge is 2.31. The molecule has 2 aromatic rings. The van der Waals surface area contributed by atoms with Crippen LogP contribution in [0.1, 0.15) is 22.8 Å². The van der Waals surface area contributed by atoms with Gasteiger partial charge < -0.3 is 15.2 Å². The highest BCUT2D eigenvalue weighted by atomic mass is 19.4. The maximum absolute atomic E-state index is 12.8. The number of carboxylic acids is 1.